The normalized spacial score (nSPS) is 18.7. The zero-order chi connectivity index (χ0) is 5.86. The summed E-state index contributed by atoms with van der Waals surface area (Å²) in [6.07, 6.45) is 0. The topological polar surface area (TPSA) is 77.8 Å². The lowest BCUT2D eigenvalue weighted by Gasteiger charge is -1.97. The second kappa shape index (κ2) is 3.16. The minimum atomic E-state index is -2.91. The maximum atomic E-state index is 9.71. The molecule has 0 rings (SSSR count). The van der Waals surface area contributed by atoms with Gasteiger partial charge in [-0.1, -0.05) is 0 Å². The minimum absolute atomic E-state index is 0.645. The van der Waals surface area contributed by atoms with Gasteiger partial charge in [0.25, 0.3) is 0 Å². The molecule has 5 heteroatoms. The predicted octanol–water partition coefficient (Wildman–Crippen LogP) is -1.24. The van der Waals surface area contributed by atoms with Crippen LogP contribution < -0.4 is 0 Å². The largest absolute Gasteiger partial charge is 0.393 e. The monoisotopic (exact) mass is 126 g/mol. The molecule has 0 saturated heterocycles. The van der Waals surface area contributed by atoms with E-state index in [1.807, 2.05) is 0 Å². The van der Waals surface area contributed by atoms with Crippen LogP contribution in [0.1, 0.15) is 0 Å². The SMILES string of the molecule is O=[PH](O)C(O)CO. The summed E-state index contributed by atoms with van der Waals surface area (Å²) < 4.78 is 9.71. The van der Waals surface area contributed by atoms with Gasteiger partial charge in [-0.05, 0) is 0 Å². The van der Waals surface area contributed by atoms with Crippen LogP contribution in [0.2, 0.25) is 0 Å². The van der Waals surface area contributed by atoms with Crippen LogP contribution in [0.25, 0.3) is 0 Å². The molecule has 0 spiro atoms. The van der Waals surface area contributed by atoms with E-state index < -0.39 is 20.5 Å². The van der Waals surface area contributed by atoms with E-state index >= 15 is 0 Å². The molecule has 0 radical (unpaired) electrons. The number of rotatable bonds is 2. The van der Waals surface area contributed by atoms with Crippen molar-refractivity contribution in [3.05, 3.63) is 0 Å². The van der Waals surface area contributed by atoms with Gasteiger partial charge in [-0.15, -0.1) is 0 Å². The first kappa shape index (κ1) is 7.11. The van der Waals surface area contributed by atoms with Gasteiger partial charge >= 0.3 is 0 Å². The van der Waals surface area contributed by atoms with Crippen LogP contribution in [0.15, 0.2) is 0 Å². The summed E-state index contributed by atoms with van der Waals surface area (Å²) in [5.41, 5.74) is 0. The van der Waals surface area contributed by atoms with Crippen molar-refractivity contribution in [1.82, 2.24) is 0 Å². The smallest absolute Gasteiger partial charge is 0.219 e. The van der Waals surface area contributed by atoms with Crippen molar-refractivity contribution in [2.24, 2.45) is 0 Å². The van der Waals surface area contributed by atoms with Gasteiger partial charge in [0.05, 0.1) is 6.61 Å². The Morgan fingerprint density at radius 3 is 2.14 bits per heavy atom. The van der Waals surface area contributed by atoms with Crippen molar-refractivity contribution in [2.75, 3.05) is 6.61 Å². The number of hydrogen-bond acceptors (Lipinski definition) is 3. The minimum Gasteiger partial charge on any atom is -0.393 e. The molecule has 0 aliphatic carbocycles. The van der Waals surface area contributed by atoms with E-state index in [4.69, 9.17) is 15.1 Å². The molecule has 0 aromatic carbocycles. The molecule has 0 saturated carbocycles. The summed E-state index contributed by atoms with van der Waals surface area (Å²) in [5, 5.41) is 16.1. The third-order valence-corrected chi connectivity index (χ3v) is 1.21. The van der Waals surface area contributed by atoms with Crippen molar-refractivity contribution in [1.29, 1.82) is 0 Å². The summed E-state index contributed by atoms with van der Waals surface area (Å²) in [6, 6.07) is 0. The van der Waals surface area contributed by atoms with Gasteiger partial charge in [-0.2, -0.15) is 0 Å². The van der Waals surface area contributed by atoms with Gasteiger partial charge in [0.2, 0.25) is 8.03 Å². The average Bonchev–Trinajstić information content (AvgIpc) is 1.65. The summed E-state index contributed by atoms with van der Waals surface area (Å²) in [6.45, 7) is -0.645. The quantitative estimate of drug-likeness (QED) is 0.404. The fraction of sp³-hybridized carbons (Fsp3) is 1.00. The molecular weight excluding hydrogens is 119 g/mol. The van der Waals surface area contributed by atoms with Crippen LogP contribution in [0.5, 0.6) is 0 Å². The highest BCUT2D eigenvalue weighted by Gasteiger charge is 2.05. The Morgan fingerprint density at radius 2 is 2.14 bits per heavy atom. The van der Waals surface area contributed by atoms with Gasteiger partial charge in [-0.3, -0.25) is 4.57 Å². The van der Waals surface area contributed by atoms with E-state index in [9.17, 15) is 4.57 Å². The molecular formula is C2H7O4P. The predicted molar refractivity (Wildman–Crippen MR) is 24.3 cm³/mol. The fourth-order valence-corrected chi connectivity index (χ4v) is 0.234. The highest BCUT2D eigenvalue weighted by Crippen LogP contribution is 2.17. The van der Waals surface area contributed by atoms with E-state index in [1.54, 1.807) is 0 Å². The van der Waals surface area contributed by atoms with Crippen molar-refractivity contribution < 1.29 is 19.7 Å². The van der Waals surface area contributed by atoms with E-state index in [0.717, 1.165) is 0 Å². The zero-order valence-electron chi connectivity index (χ0n) is 3.53. The van der Waals surface area contributed by atoms with Gasteiger partial charge in [0, 0.05) is 0 Å². The van der Waals surface area contributed by atoms with Crippen LogP contribution in [0.3, 0.4) is 0 Å². The fourth-order valence-electron chi connectivity index (χ4n) is 0.0781. The van der Waals surface area contributed by atoms with Crippen molar-refractivity contribution >= 4 is 8.03 Å². The number of aliphatic hydroxyl groups excluding tert-OH is 2. The van der Waals surface area contributed by atoms with Crippen LogP contribution in [-0.4, -0.2) is 27.6 Å². The molecule has 0 aromatic rings. The van der Waals surface area contributed by atoms with Crippen LogP contribution in [-0.2, 0) is 4.57 Å². The molecule has 0 aromatic heterocycles. The summed E-state index contributed by atoms with van der Waals surface area (Å²) in [5.74, 6) is -1.44. The molecule has 0 fully saturated rings. The molecule has 2 unspecified atom stereocenters. The summed E-state index contributed by atoms with van der Waals surface area (Å²) in [7, 11) is -2.91. The molecule has 0 aliphatic rings. The standard InChI is InChI=1S/C2H7O4P/c3-1-2(4)7(5)6/h2-4,7H,1H2,(H,5,6). The summed E-state index contributed by atoms with van der Waals surface area (Å²) >= 11 is 0. The molecule has 4 nitrogen and oxygen atoms in total. The van der Waals surface area contributed by atoms with Gasteiger partial charge in [0.15, 0.2) is 5.85 Å². The molecule has 0 heterocycles. The van der Waals surface area contributed by atoms with Crippen molar-refractivity contribution in [2.45, 2.75) is 5.85 Å². The molecule has 0 bridgehead atoms. The lowest BCUT2D eigenvalue weighted by Crippen LogP contribution is -2.04. The second-order valence-electron chi connectivity index (χ2n) is 1.04. The molecule has 7 heavy (non-hydrogen) atoms. The lowest BCUT2D eigenvalue weighted by atomic mass is 10.8. The Labute approximate surface area is 41.3 Å². The first-order chi connectivity index (χ1) is 3.18. The molecule has 3 N–H and O–H groups in total. The third kappa shape index (κ3) is 2.76. The Balaban J connectivity index is 3.34. The van der Waals surface area contributed by atoms with E-state index in [0.29, 0.717) is 0 Å². The van der Waals surface area contributed by atoms with Gasteiger partial charge in [0.1, 0.15) is 0 Å². The van der Waals surface area contributed by atoms with Crippen molar-refractivity contribution in [3.8, 4) is 0 Å². The highest BCUT2D eigenvalue weighted by molar-refractivity contribution is 7.38. The van der Waals surface area contributed by atoms with Gasteiger partial charge in [-0.25, -0.2) is 0 Å². The molecule has 0 amide bonds. The van der Waals surface area contributed by atoms with E-state index in [1.165, 1.54) is 0 Å². The third-order valence-electron chi connectivity index (χ3n) is 0.458. The maximum Gasteiger partial charge on any atom is 0.219 e. The Kier molecular flexibility index (Phi) is 3.21. The molecule has 44 valence electrons. The van der Waals surface area contributed by atoms with Gasteiger partial charge < -0.3 is 15.1 Å². The van der Waals surface area contributed by atoms with Crippen LogP contribution >= 0.6 is 8.03 Å². The number of hydrogen-bond donors (Lipinski definition) is 3. The first-order valence-corrected chi connectivity index (χ1v) is 3.13. The lowest BCUT2D eigenvalue weighted by molar-refractivity contribution is 0.146. The summed E-state index contributed by atoms with van der Waals surface area (Å²) in [4.78, 5) is 7.96. The number of aliphatic hydroxyl groups is 2. The maximum absolute atomic E-state index is 9.71. The second-order valence-corrected chi connectivity index (χ2v) is 2.38. The van der Waals surface area contributed by atoms with Crippen LogP contribution in [0.4, 0.5) is 0 Å². The Hall–Kier alpha value is 0.110. The Bertz CT molecular complexity index is 72.1. The zero-order valence-corrected chi connectivity index (χ0v) is 4.53. The molecule has 2 atom stereocenters. The van der Waals surface area contributed by atoms with Crippen molar-refractivity contribution in [3.63, 3.8) is 0 Å². The first-order valence-electron chi connectivity index (χ1n) is 1.70. The Morgan fingerprint density at radius 1 is 1.71 bits per heavy atom. The van der Waals surface area contributed by atoms with Crippen LogP contribution in [0, 0.1) is 0 Å². The molecule has 0 aliphatic heterocycles. The van der Waals surface area contributed by atoms with E-state index in [-0.39, 0.29) is 0 Å². The highest BCUT2D eigenvalue weighted by atomic mass is 31.1. The van der Waals surface area contributed by atoms with E-state index in [2.05, 4.69) is 0 Å². The average molecular weight is 126 g/mol.